The molecule has 0 radical (unpaired) electrons. The van der Waals surface area contributed by atoms with Crippen LogP contribution in [-0.2, 0) is 4.74 Å². The molecule has 2 rings (SSSR count). The van der Waals surface area contributed by atoms with Crippen LogP contribution in [0.4, 0.5) is 5.82 Å². The van der Waals surface area contributed by atoms with Gasteiger partial charge in [0.25, 0.3) is 0 Å². The van der Waals surface area contributed by atoms with Crippen molar-refractivity contribution >= 4 is 35.0 Å². The number of nitrogens with two attached hydrogens (primary N) is 1. The number of carbonyl (C=O) groups is 1. The van der Waals surface area contributed by atoms with Crippen LogP contribution in [0.2, 0.25) is 10.0 Å². The van der Waals surface area contributed by atoms with Crippen molar-refractivity contribution in [2.24, 2.45) is 0 Å². The fourth-order valence-corrected chi connectivity index (χ4v) is 2.29. The highest BCUT2D eigenvalue weighted by Gasteiger charge is 2.17. The molecule has 19 heavy (non-hydrogen) atoms. The predicted octanol–water partition coefficient (Wildman–Crippen LogP) is 3.42. The molecule has 0 aliphatic carbocycles. The zero-order chi connectivity index (χ0) is 14.0. The molecular formula is C13H10Cl2N2O2. The lowest BCUT2D eigenvalue weighted by Gasteiger charge is -2.11. The maximum absolute atomic E-state index is 11.8. The van der Waals surface area contributed by atoms with Crippen molar-refractivity contribution in [3.05, 3.63) is 46.1 Å². The summed E-state index contributed by atoms with van der Waals surface area (Å²) < 4.78 is 4.73. The second kappa shape index (κ2) is 5.47. The Kier molecular flexibility index (Phi) is 3.93. The van der Waals surface area contributed by atoms with E-state index in [1.807, 2.05) is 0 Å². The third-order valence-electron chi connectivity index (χ3n) is 2.54. The van der Waals surface area contributed by atoms with Gasteiger partial charge in [0.05, 0.1) is 12.7 Å². The van der Waals surface area contributed by atoms with Crippen LogP contribution >= 0.6 is 23.2 Å². The number of rotatable bonds is 2. The Labute approximate surface area is 120 Å². The Bertz CT molecular complexity index is 624. The smallest absolute Gasteiger partial charge is 0.338 e. The highest BCUT2D eigenvalue weighted by atomic mass is 35.5. The Hall–Kier alpha value is -1.78. The molecule has 2 N–H and O–H groups in total. The van der Waals surface area contributed by atoms with Gasteiger partial charge in [0.1, 0.15) is 5.82 Å². The van der Waals surface area contributed by atoms with Crippen molar-refractivity contribution in [2.75, 3.05) is 12.8 Å². The van der Waals surface area contributed by atoms with E-state index in [4.69, 9.17) is 33.7 Å². The van der Waals surface area contributed by atoms with Crippen LogP contribution in [0, 0.1) is 0 Å². The number of nitrogens with zero attached hydrogens (tertiary/aromatic N) is 1. The third-order valence-corrected chi connectivity index (χ3v) is 2.97. The van der Waals surface area contributed by atoms with Crippen LogP contribution < -0.4 is 5.73 Å². The first-order valence-corrected chi connectivity index (χ1v) is 6.07. The van der Waals surface area contributed by atoms with E-state index < -0.39 is 5.97 Å². The molecule has 98 valence electrons. The molecule has 1 aromatic carbocycles. The molecule has 0 spiro atoms. The van der Waals surface area contributed by atoms with E-state index >= 15 is 0 Å². The highest BCUT2D eigenvalue weighted by Crippen LogP contribution is 2.32. The molecule has 0 aliphatic rings. The average molecular weight is 297 g/mol. The molecule has 0 saturated heterocycles. The summed E-state index contributed by atoms with van der Waals surface area (Å²) in [4.78, 5) is 15.7. The lowest BCUT2D eigenvalue weighted by atomic mass is 10.0. The van der Waals surface area contributed by atoms with Gasteiger partial charge >= 0.3 is 5.97 Å². The molecule has 0 amide bonds. The second-order valence-corrected chi connectivity index (χ2v) is 4.64. The van der Waals surface area contributed by atoms with Crippen molar-refractivity contribution in [1.29, 1.82) is 0 Å². The molecule has 0 aliphatic heterocycles. The third kappa shape index (κ3) is 2.80. The number of benzene rings is 1. The van der Waals surface area contributed by atoms with Crippen LogP contribution in [0.15, 0.2) is 30.5 Å². The van der Waals surface area contributed by atoms with E-state index in [2.05, 4.69) is 4.98 Å². The minimum atomic E-state index is -0.500. The molecular weight excluding hydrogens is 287 g/mol. The Morgan fingerprint density at radius 3 is 2.47 bits per heavy atom. The van der Waals surface area contributed by atoms with Crippen LogP contribution in [-0.4, -0.2) is 18.1 Å². The average Bonchev–Trinajstić information content (AvgIpc) is 2.36. The van der Waals surface area contributed by atoms with Crippen molar-refractivity contribution in [3.63, 3.8) is 0 Å². The molecule has 2 aromatic rings. The SMILES string of the molecule is COC(=O)c1ccnc(N)c1-c1cc(Cl)cc(Cl)c1. The second-order valence-electron chi connectivity index (χ2n) is 3.77. The number of nitrogen functional groups attached to an aromatic ring is 1. The summed E-state index contributed by atoms with van der Waals surface area (Å²) in [5, 5.41) is 0.892. The van der Waals surface area contributed by atoms with Crippen LogP contribution in [0.5, 0.6) is 0 Å². The quantitative estimate of drug-likeness (QED) is 0.862. The van der Waals surface area contributed by atoms with E-state index in [0.717, 1.165) is 0 Å². The summed E-state index contributed by atoms with van der Waals surface area (Å²) in [5.41, 5.74) is 7.23. The number of esters is 1. The summed E-state index contributed by atoms with van der Waals surface area (Å²) in [7, 11) is 1.30. The van der Waals surface area contributed by atoms with Gasteiger partial charge in [-0.05, 0) is 29.8 Å². The lowest BCUT2D eigenvalue weighted by molar-refractivity contribution is 0.0601. The van der Waals surface area contributed by atoms with Crippen molar-refractivity contribution in [1.82, 2.24) is 4.98 Å². The van der Waals surface area contributed by atoms with Gasteiger partial charge in [-0.1, -0.05) is 23.2 Å². The number of pyridine rings is 1. The molecule has 1 aromatic heterocycles. The van der Waals surface area contributed by atoms with Gasteiger partial charge in [-0.25, -0.2) is 9.78 Å². The minimum Gasteiger partial charge on any atom is -0.465 e. The summed E-state index contributed by atoms with van der Waals surface area (Å²) >= 11 is 11.9. The van der Waals surface area contributed by atoms with E-state index in [1.54, 1.807) is 18.2 Å². The zero-order valence-corrected chi connectivity index (χ0v) is 11.5. The van der Waals surface area contributed by atoms with E-state index in [0.29, 0.717) is 26.7 Å². The molecule has 6 heteroatoms. The van der Waals surface area contributed by atoms with Crippen LogP contribution in [0.1, 0.15) is 10.4 Å². The Morgan fingerprint density at radius 1 is 1.26 bits per heavy atom. The molecule has 0 bridgehead atoms. The predicted molar refractivity (Wildman–Crippen MR) is 75.4 cm³/mol. The number of anilines is 1. The normalized spacial score (nSPS) is 10.3. The van der Waals surface area contributed by atoms with Crippen LogP contribution in [0.25, 0.3) is 11.1 Å². The van der Waals surface area contributed by atoms with E-state index in [1.165, 1.54) is 19.4 Å². The molecule has 1 heterocycles. The van der Waals surface area contributed by atoms with Gasteiger partial charge in [-0.3, -0.25) is 0 Å². The summed E-state index contributed by atoms with van der Waals surface area (Å²) in [6, 6.07) is 6.45. The van der Waals surface area contributed by atoms with Gasteiger partial charge in [0, 0.05) is 21.8 Å². The maximum Gasteiger partial charge on any atom is 0.338 e. The van der Waals surface area contributed by atoms with Crippen molar-refractivity contribution in [2.45, 2.75) is 0 Å². The Morgan fingerprint density at radius 2 is 1.89 bits per heavy atom. The molecule has 0 saturated carbocycles. The number of carbonyl (C=O) groups excluding carboxylic acids is 1. The number of methoxy groups -OCH3 is 1. The van der Waals surface area contributed by atoms with Gasteiger partial charge in [0.2, 0.25) is 0 Å². The molecule has 0 atom stereocenters. The standard InChI is InChI=1S/C13H10Cl2N2O2/c1-19-13(18)10-2-3-17-12(16)11(10)7-4-8(14)6-9(15)5-7/h2-6H,1H3,(H2,16,17). The number of hydrogen-bond donors (Lipinski definition) is 1. The fraction of sp³-hybridized carbons (Fsp3) is 0.0769. The molecule has 0 fully saturated rings. The first kappa shape index (κ1) is 13.6. The van der Waals surface area contributed by atoms with Gasteiger partial charge in [-0.15, -0.1) is 0 Å². The molecule has 4 nitrogen and oxygen atoms in total. The highest BCUT2D eigenvalue weighted by molar-refractivity contribution is 6.35. The van der Waals surface area contributed by atoms with Gasteiger partial charge < -0.3 is 10.5 Å². The number of ether oxygens (including phenoxy) is 1. The monoisotopic (exact) mass is 296 g/mol. The summed E-state index contributed by atoms with van der Waals surface area (Å²) in [6.45, 7) is 0. The fourth-order valence-electron chi connectivity index (χ4n) is 1.76. The number of halogens is 2. The summed E-state index contributed by atoms with van der Waals surface area (Å²) in [5.74, 6) is -0.290. The molecule has 0 unspecified atom stereocenters. The minimum absolute atomic E-state index is 0.209. The topological polar surface area (TPSA) is 65.2 Å². The largest absolute Gasteiger partial charge is 0.465 e. The Balaban J connectivity index is 2.70. The first-order chi connectivity index (χ1) is 9.02. The van der Waals surface area contributed by atoms with Crippen molar-refractivity contribution in [3.8, 4) is 11.1 Å². The first-order valence-electron chi connectivity index (χ1n) is 5.32. The number of hydrogen-bond acceptors (Lipinski definition) is 4. The van der Waals surface area contributed by atoms with E-state index in [9.17, 15) is 4.79 Å². The van der Waals surface area contributed by atoms with Gasteiger partial charge in [-0.2, -0.15) is 0 Å². The maximum atomic E-state index is 11.8. The van der Waals surface area contributed by atoms with Crippen molar-refractivity contribution < 1.29 is 9.53 Å². The van der Waals surface area contributed by atoms with E-state index in [-0.39, 0.29) is 5.82 Å². The zero-order valence-electron chi connectivity index (χ0n) is 9.98. The van der Waals surface area contributed by atoms with Crippen LogP contribution in [0.3, 0.4) is 0 Å². The number of aromatic nitrogens is 1. The summed E-state index contributed by atoms with van der Waals surface area (Å²) in [6.07, 6.45) is 1.44. The van der Waals surface area contributed by atoms with Gasteiger partial charge in [0.15, 0.2) is 0 Å². The lowest BCUT2D eigenvalue weighted by Crippen LogP contribution is -2.07.